The first kappa shape index (κ1) is 14.1. The Morgan fingerprint density at radius 2 is 2.00 bits per heavy atom. The lowest BCUT2D eigenvalue weighted by Crippen LogP contribution is -2.47. The molecular formula is C16H16BrN3O. The lowest BCUT2D eigenvalue weighted by molar-refractivity contribution is -0.120. The minimum Gasteiger partial charge on any atom is -0.358 e. The minimum absolute atomic E-state index is 0.108. The summed E-state index contributed by atoms with van der Waals surface area (Å²) < 4.78 is 0.925. The molecule has 1 aromatic heterocycles. The van der Waals surface area contributed by atoms with E-state index in [0.29, 0.717) is 0 Å². The number of rotatable bonds is 3. The summed E-state index contributed by atoms with van der Waals surface area (Å²) in [4.78, 5) is 18.7. The van der Waals surface area contributed by atoms with E-state index in [2.05, 4.69) is 26.2 Å². The van der Waals surface area contributed by atoms with E-state index in [1.807, 2.05) is 47.4 Å². The maximum absolute atomic E-state index is 12.6. The van der Waals surface area contributed by atoms with Crippen LogP contribution in [0.1, 0.15) is 12.8 Å². The molecule has 1 amide bonds. The summed E-state index contributed by atoms with van der Waals surface area (Å²) in [5, 5.41) is 3.23. The van der Waals surface area contributed by atoms with Gasteiger partial charge in [0.05, 0.1) is 0 Å². The first-order valence-electron chi connectivity index (χ1n) is 6.98. The number of carbonyl (C=O) groups is 1. The van der Waals surface area contributed by atoms with Gasteiger partial charge in [-0.15, -0.1) is 0 Å². The Hall–Kier alpha value is -1.88. The highest BCUT2D eigenvalue weighted by molar-refractivity contribution is 9.10. The van der Waals surface area contributed by atoms with Crippen LogP contribution in [0, 0.1) is 0 Å². The molecule has 1 aliphatic heterocycles. The Morgan fingerprint density at radius 3 is 2.71 bits per heavy atom. The number of anilines is 2. The molecule has 3 rings (SSSR count). The van der Waals surface area contributed by atoms with E-state index in [4.69, 9.17) is 0 Å². The zero-order valence-corrected chi connectivity index (χ0v) is 13.1. The molecule has 0 spiro atoms. The number of hydrogen-bond donors (Lipinski definition) is 1. The number of nitrogens with one attached hydrogen (secondary N) is 1. The predicted molar refractivity (Wildman–Crippen MR) is 87.4 cm³/mol. The smallest absolute Gasteiger partial charge is 0.249 e. The SMILES string of the molecule is O=C1C(Nc2ccc(Br)cn2)CCCN1c1ccccc1. The highest BCUT2D eigenvalue weighted by Gasteiger charge is 2.29. The Bertz CT molecular complexity index is 615. The van der Waals surface area contributed by atoms with Crippen LogP contribution in [-0.2, 0) is 4.79 Å². The molecule has 0 radical (unpaired) electrons. The summed E-state index contributed by atoms with van der Waals surface area (Å²) in [7, 11) is 0. The van der Waals surface area contributed by atoms with Crippen LogP contribution < -0.4 is 10.2 Å². The highest BCUT2D eigenvalue weighted by atomic mass is 79.9. The quantitative estimate of drug-likeness (QED) is 0.926. The summed E-state index contributed by atoms with van der Waals surface area (Å²) >= 11 is 3.36. The summed E-state index contributed by atoms with van der Waals surface area (Å²) in [5.41, 5.74) is 0.956. The Morgan fingerprint density at radius 1 is 1.19 bits per heavy atom. The van der Waals surface area contributed by atoms with Crippen LogP contribution in [0.2, 0.25) is 0 Å². The Kier molecular flexibility index (Phi) is 4.20. The Labute approximate surface area is 132 Å². The van der Waals surface area contributed by atoms with Gasteiger partial charge in [0.15, 0.2) is 0 Å². The van der Waals surface area contributed by atoms with Crippen LogP contribution in [0.4, 0.5) is 11.5 Å². The molecule has 4 nitrogen and oxygen atoms in total. The zero-order valence-electron chi connectivity index (χ0n) is 11.5. The van der Waals surface area contributed by atoms with Crippen LogP contribution in [0.5, 0.6) is 0 Å². The first-order valence-corrected chi connectivity index (χ1v) is 7.78. The van der Waals surface area contributed by atoms with Crippen molar-refractivity contribution in [3.63, 3.8) is 0 Å². The number of aromatic nitrogens is 1. The van der Waals surface area contributed by atoms with Crippen molar-refractivity contribution < 1.29 is 4.79 Å². The molecule has 2 heterocycles. The fourth-order valence-electron chi connectivity index (χ4n) is 2.51. The first-order chi connectivity index (χ1) is 10.2. The maximum Gasteiger partial charge on any atom is 0.249 e. The fraction of sp³-hybridized carbons (Fsp3) is 0.250. The van der Waals surface area contributed by atoms with Gasteiger partial charge in [0.2, 0.25) is 5.91 Å². The van der Waals surface area contributed by atoms with Crippen LogP contribution in [0.15, 0.2) is 53.1 Å². The van der Waals surface area contributed by atoms with Gasteiger partial charge in [-0.25, -0.2) is 4.98 Å². The van der Waals surface area contributed by atoms with Gasteiger partial charge in [0.25, 0.3) is 0 Å². The topological polar surface area (TPSA) is 45.2 Å². The highest BCUT2D eigenvalue weighted by Crippen LogP contribution is 2.22. The lowest BCUT2D eigenvalue weighted by Gasteiger charge is -2.32. The molecule has 1 atom stereocenters. The minimum atomic E-state index is -0.215. The molecule has 1 N–H and O–H groups in total. The van der Waals surface area contributed by atoms with Crippen LogP contribution in [0.3, 0.4) is 0 Å². The molecule has 1 aliphatic rings. The number of pyridine rings is 1. The van der Waals surface area contributed by atoms with E-state index in [-0.39, 0.29) is 11.9 Å². The number of piperidine rings is 1. The van der Waals surface area contributed by atoms with Crippen molar-refractivity contribution >= 4 is 33.3 Å². The van der Waals surface area contributed by atoms with E-state index in [9.17, 15) is 4.79 Å². The molecule has 1 unspecified atom stereocenters. The molecule has 2 aromatic rings. The van der Waals surface area contributed by atoms with Gasteiger partial charge in [-0.3, -0.25) is 4.79 Å². The summed E-state index contributed by atoms with van der Waals surface area (Å²) in [6.45, 7) is 0.773. The third-order valence-corrected chi connectivity index (χ3v) is 4.03. The molecule has 21 heavy (non-hydrogen) atoms. The molecule has 1 aromatic carbocycles. The van der Waals surface area contributed by atoms with Gasteiger partial charge >= 0.3 is 0 Å². The van der Waals surface area contributed by atoms with Crippen molar-refractivity contribution in [3.8, 4) is 0 Å². The second-order valence-corrected chi connectivity index (χ2v) is 5.94. The third-order valence-electron chi connectivity index (χ3n) is 3.56. The second-order valence-electron chi connectivity index (χ2n) is 5.03. The maximum atomic E-state index is 12.6. The van der Waals surface area contributed by atoms with Crippen molar-refractivity contribution in [2.75, 3.05) is 16.8 Å². The summed E-state index contributed by atoms with van der Waals surface area (Å²) in [5.74, 6) is 0.837. The number of hydrogen-bond acceptors (Lipinski definition) is 3. The summed E-state index contributed by atoms with van der Waals surface area (Å²) in [6.07, 6.45) is 3.54. The van der Waals surface area contributed by atoms with Gasteiger partial charge in [0.1, 0.15) is 11.9 Å². The largest absolute Gasteiger partial charge is 0.358 e. The average Bonchev–Trinajstić information content (AvgIpc) is 2.52. The van der Waals surface area contributed by atoms with Gasteiger partial charge in [-0.2, -0.15) is 0 Å². The molecule has 1 saturated heterocycles. The van der Waals surface area contributed by atoms with Crippen molar-refractivity contribution in [1.29, 1.82) is 0 Å². The molecule has 108 valence electrons. The van der Waals surface area contributed by atoms with Crippen molar-refractivity contribution in [2.45, 2.75) is 18.9 Å². The van der Waals surface area contributed by atoms with Crippen molar-refractivity contribution in [1.82, 2.24) is 4.98 Å². The van der Waals surface area contributed by atoms with Crippen LogP contribution in [-0.4, -0.2) is 23.5 Å². The monoisotopic (exact) mass is 345 g/mol. The molecule has 5 heteroatoms. The van der Waals surface area contributed by atoms with Crippen LogP contribution >= 0.6 is 15.9 Å². The average molecular weight is 346 g/mol. The number of amides is 1. The number of para-hydroxylation sites is 1. The lowest BCUT2D eigenvalue weighted by atomic mass is 10.0. The Balaban J connectivity index is 1.74. The number of halogens is 1. The molecular weight excluding hydrogens is 330 g/mol. The van der Waals surface area contributed by atoms with E-state index in [1.165, 1.54) is 0 Å². The van der Waals surface area contributed by atoms with Gasteiger partial charge in [0, 0.05) is 22.9 Å². The fourth-order valence-corrected chi connectivity index (χ4v) is 2.75. The second kappa shape index (κ2) is 6.26. The molecule has 0 saturated carbocycles. The molecule has 1 fully saturated rings. The summed E-state index contributed by atoms with van der Waals surface area (Å²) in [6, 6.07) is 13.4. The zero-order chi connectivity index (χ0) is 14.7. The number of nitrogens with zero attached hydrogens (tertiary/aromatic N) is 2. The van der Waals surface area contributed by atoms with Crippen LogP contribution in [0.25, 0.3) is 0 Å². The predicted octanol–water partition coefficient (Wildman–Crippen LogP) is 3.45. The number of benzene rings is 1. The van der Waals surface area contributed by atoms with E-state index >= 15 is 0 Å². The normalized spacial score (nSPS) is 18.6. The molecule has 0 bridgehead atoms. The van der Waals surface area contributed by atoms with Gasteiger partial charge in [-0.05, 0) is 53.0 Å². The van der Waals surface area contributed by atoms with E-state index in [1.54, 1.807) is 6.20 Å². The van der Waals surface area contributed by atoms with Crippen molar-refractivity contribution in [3.05, 3.63) is 53.1 Å². The molecule has 0 aliphatic carbocycles. The van der Waals surface area contributed by atoms with E-state index in [0.717, 1.165) is 35.4 Å². The number of carbonyl (C=O) groups excluding carboxylic acids is 1. The van der Waals surface area contributed by atoms with Gasteiger partial charge in [-0.1, -0.05) is 18.2 Å². The standard InChI is InChI=1S/C16H16BrN3O/c17-12-8-9-15(18-11-12)19-14-7-4-10-20(16(14)21)13-5-2-1-3-6-13/h1-3,5-6,8-9,11,14H,4,7,10H2,(H,18,19). The van der Waals surface area contributed by atoms with E-state index < -0.39 is 0 Å². The van der Waals surface area contributed by atoms with Gasteiger partial charge < -0.3 is 10.2 Å². The van der Waals surface area contributed by atoms with Crippen molar-refractivity contribution in [2.24, 2.45) is 0 Å². The third kappa shape index (κ3) is 3.24.